The predicted octanol–water partition coefficient (Wildman–Crippen LogP) is 1.75. The summed E-state index contributed by atoms with van der Waals surface area (Å²) in [6.07, 6.45) is 5.19. The highest BCUT2D eigenvalue weighted by Gasteiger charge is 2.20. The minimum atomic E-state index is 0.750. The largest absolute Gasteiger partial charge is 0.353 e. The van der Waals surface area contributed by atoms with E-state index in [-0.39, 0.29) is 0 Å². The third kappa shape index (κ3) is 2.32. The molecule has 1 saturated heterocycles. The lowest BCUT2D eigenvalue weighted by atomic mass is 10.2. The molecule has 3 aromatic heterocycles. The summed E-state index contributed by atoms with van der Waals surface area (Å²) in [5.74, 6) is 2.01. The molecule has 1 aliphatic heterocycles. The maximum Gasteiger partial charge on any atom is 0.164 e. The Kier molecular flexibility index (Phi) is 3.27. The zero-order chi connectivity index (χ0) is 14.8. The van der Waals surface area contributed by atoms with E-state index in [0.29, 0.717) is 0 Å². The van der Waals surface area contributed by atoms with Crippen molar-refractivity contribution < 1.29 is 0 Å². The Morgan fingerprint density at radius 1 is 0.727 bits per heavy atom. The average molecular weight is 292 g/mol. The van der Waals surface area contributed by atoms with Gasteiger partial charge in [0.1, 0.15) is 18.0 Å². The van der Waals surface area contributed by atoms with Crippen molar-refractivity contribution in [3.8, 4) is 0 Å². The molecule has 6 nitrogen and oxygen atoms in total. The minimum Gasteiger partial charge on any atom is -0.353 e. The Hall–Kier alpha value is -2.76. The first-order chi connectivity index (χ1) is 10.9. The maximum atomic E-state index is 4.47. The molecule has 4 heterocycles. The second-order valence-electron chi connectivity index (χ2n) is 5.23. The number of hydrogen-bond donors (Lipinski definition) is 0. The highest BCUT2D eigenvalue weighted by atomic mass is 15.3. The first-order valence-corrected chi connectivity index (χ1v) is 7.38. The molecular weight excluding hydrogens is 276 g/mol. The van der Waals surface area contributed by atoms with Crippen LogP contribution in [0.4, 0.5) is 11.6 Å². The Morgan fingerprint density at radius 3 is 2.36 bits per heavy atom. The fourth-order valence-corrected chi connectivity index (χ4v) is 2.82. The van der Waals surface area contributed by atoms with Crippen molar-refractivity contribution in [2.45, 2.75) is 0 Å². The van der Waals surface area contributed by atoms with Crippen LogP contribution in [-0.4, -0.2) is 46.1 Å². The molecule has 110 valence electrons. The molecule has 22 heavy (non-hydrogen) atoms. The second-order valence-corrected chi connectivity index (χ2v) is 5.23. The van der Waals surface area contributed by atoms with Crippen LogP contribution >= 0.6 is 0 Å². The summed E-state index contributed by atoms with van der Waals surface area (Å²) in [6, 6.07) is 9.99. The Bertz CT molecular complexity index is 762. The van der Waals surface area contributed by atoms with E-state index in [2.05, 4.69) is 35.8 Å². The van der Waals surface area contributed by atoms with E-state index in [0.717, 1.165) is 48.8 Å². The molecular formula is C16H16N6. The van der Waals surface area contributed by atoms with Gasteiger partial charge in [-0.05, 0) is 24.3 Å². The van der Waals surface area contributed by atoms with E-state index in [4.69, 9.17) is 0 Å². The van der Waals surface area contributed by atoms with Gasteiger partial charge in [0.2, 0.25) is 0 Å². The Morgan fingerprint density at radius 2 is 1.55 bits per heavy atom. The van der Waals surface area contributed by atoms with Gasteiger partial charge in [-0.3, -0.25) is 0 Å². The van der Waals surface area contributed by atoms with Gasteiger partial charge in [-0.15, -0.1) is 0 Å². The third-order valence-electron chi connectivity index (χ3n) is 3.94. The normalized spacial score (nSPS) is 15.3. The van der Waals surface area contributed by atoms with Crippen LogP contribution in [0.2, 0.25) is 0 Å². The number of fused-ring (bicyclic) bond motifs is 1. The van der Waals surface area contributed by atoms with Crippen LogP contribution in [-0.2, 0) is 0 Å². The third-order valence-corrected chi connectivity index (χ3v) is 3.94. The van der Waals surface area contributed by atoms with Crippen LogP contribution in [0.15, 0.2) is 49.1 Å². The number of anilines is 2. The number of pyridine rings is 2. The van der Waals surface area contributed by atoms with Gasteiger partial charge in [-0.1, -0.05) is 6.07 Å². The fraction of sp³-hybridized carbons (Fsp3) is 0.250. The van der Waals surface area contributed by atoms with E-state index >= 15 is 0 Å². The van der Waals surface area contributed by atoms with Crippen molar-refractivity contribution in [3.63, 3.8) is 0 Å². The number of piperazine rings is 1. The zero-order valence-electron chi connectivity index (χ0n) is 12.1. The first kappa shape index (κ1) is 12.9. The van der Waals surface area contributed by atoms with Gasteiger partial charge in [0.15, 0.2) is 5.65 Å². The smallest absolute Gasteiger partial charge is 0.164 e. The summed E-state index contributed by atoms with van der Waals surface area (Å²) in [7, 11) is 0. The Balaban J connectivity index is 1.56. The van der Waals surface area contributed by atoms with E-state index in [9.17, 15) is 0 Å². The quantitative estimate of drug-likeness (QED) is 0.717. The molecule has 0 aromatic carbocycles. The maximum absolute atomic E-state index is 4.47. The summed E-state index contributed by atoms with van der Waals surface area (Å²) in [4.78, 5) is 22.0. The van der Waals surface area contributed by atoms with Gasteiger partial charge < -0.3 is 9.80 Å². The van der Waals surface area contributed by atoms with Crippen LogP contribution in [0.5, 0.6) is 0 Å². The van der Waals surface area contributed by atoms with E-state index in [1.807, 2.05) is 30.5 Å². The lowest BCUT2D eigenvalue weighted by Crippen LogP contribution is -2.47. The number of nitrogens with zero attached hydrogens (tertiary/aromatic N) is 6. The van der Waals surface area contributed by atoms with Crippen LogP contribution in [0.1, 0.15) is 0 Å². The molecule has 1 fully saturated rings. The summed E-state index contributed by atoms with van der Waals surface area (Å²) in [5.41, 5.74) is 0.750. The second kappa shape index (κ2) is 5.55. The summed E-state index contributed by atoms with van der Waals surface area (Å²) < 4.78 is 0. The standard InChI is InChI=1S/C16H16N6/c1-2-6-17-14(5-1)21-8-10-22(11-9-21)16-13-4-3-7-18-15(13)19-12-20-16/h1-7,12H,8-11H2. The molecule has 0 spiro atoms. The molecule has 1 aliphatic rings. The van der Waals surface area contributed by atoms with Gasteiger partial charge >= 0.3 is 0 Å². The van der Waals surface area contributed by atoms with Gasteiger partial charge in [-0.2, -0.15) is 0 Å². The van der Waals surface area contributed by atoms with Crippen LogP contribution < -0.4 is 9.80 Å². The predicted molar refractivity (Wildman–Crippen MR) is 86.0 cm³/mol. The van der Waals surface area contributed by atoms with Gasteiger partial charge in [0, 0.05) is 38.6 Å². The van der Waals surface area contributed by atoms with Crippen molar-refractivity contribution in [1.82, 2.24) is 19.9 Å². The van der Waals surface area contributed by atoms with Crippen molar-refractivity contribution >= 4 is 22.7 Å². The topological polar surface area (TPSA) is 58.0 Å². The lowest BCUT2D eigenvalue weighted by molar-refractivity contribution is 0.643. The number of rotatable bonds is 2. The summed E-state index contributed by atoms with van der Waals surface area (Å²) in [5, 5.41) is 1.01. The monoisotopic (exact) mass is 292 g/mol. The number of hydrogen-bond acceptors (Lipinski definition) is 6. The molecule has 0 amide bonds. The van der Waals surface area contributed by atoms with Crippen molar-refractivity contribution in [1.29, 1.82) is 0 Å². The minimum absolute atomic E-state index is 0.750. The van der Waals surface area contributed by atoms with Crippen molar-refractivity contribution in [2.24, 2.45) is 0 Å². The fourth-order valence-electron chi connectivity index (χ4n) is 2.82. The van der Waals surface area contributed by atoms with E-state index in [1.54, 1.807) is 12.5 Å². The molecule has 0 aliphatic carbocycles. The SMILES string of the molecule is c1ccc(N2CCN(c3ncnc4ncccc34)CC2)nc1. The average Bonchev–Trinajstić information content (AvgIpc) is 2.62. The van der Waals surface area contributed by atoms with Gasteiger partial charge in [0.25, 0.3) is 0 Å². The van der Waals surface area contributed by atoms with E-state index < -0.39 is 0 Å². The molecule has 0 N–H and O–H groups in total. The lowest BCUT2D eigenvalue weighted by Gasteiger charge is -2.36. The van der Waals surface area contributed by atoms with Crippen molar-refractivity contribution in [2.75, 3.05) is 36.0 Å². The van der Waals surface area contributed by atoms with Crippen LogP contribution in [0, 0.1) is 0 Å². The highest BCUT2D eigenvalue weighted by Crippen LogP contribution is 2.23. The molecule has 6 heteroatoms. The van der Waals surface area contributed by atoms with Gasteiger partial charge in [-0.25, -0.2) is 19.9 Å². The molecule has 0 radical (unpaired) electrons. The molecule has 0 atom stereocenters. The molecule has 3 aromatic rings. The Labute approximate surface area is 128 Å². The van der Waals surface area contributed by atoms with E-state index in [1.165, 1.54) is 0 Å². The molecule has 0 saturated carbocycles. The summed E-state index contributed by atoms with van der Waals surface area (Å²) in [6.45, 7) is 3.70. The first-order valence-electron chi connectivity index (χ1n) is 7.38. The zero-order valence-corrected chi connectivity index (χ0v) is 12.1. The van der Waals surface area contributed by atoms with Crippen LogP contribution in [0.3, 0.4) is 0 Å². The summed E-state index contributed by atoms with van der Waals surface area (Å²) >= 11 is 0. The van der Waals surface area contributed by atoms with Gasteiger partial charge in [0.05, 0.1) is 5.39 Å². The number of aromatic nitrogens is 4. The molecule has 4 rings (SSSR count). The molecule has 0 unspecified atom stereocenters. The highest BCUT2D eigenvalue weighted by molar-refractivity contribution is 5.86. The van der Waals surface area contributed by atoms with Crippen molar-refractivity contribution in [3.05, 3.63) is 49.1 Å². The van der Waals surface area contributed by atoms with Crippen LogP contribution in [0.25, 0.3) is 11.0 Å². The molecule has 0 bridgehead atoms.